The van der Waals surface area contributed by atoms with Crippen molar-refractivity contribution in [3.63, 3.8) is 0 Å². The Morgan fingerprint density at radius 3 is 2.89 bits per heavy atom. The largest absolute Gasteiger partial charge is 0.485 e. The van der Waals surface area contributed by atoms with Crippen molar-refractivity contribution in [1.29, 1.82) is 0 Å². The molecule has 6 nitrogen and oxygen atoms in total. The fourth-order valence-electron chi connectivity index (χ4n) is 1.53. The monoisotopic (exact) mass is 311 g/mol. The van der Waals surface area contributed by atoms with Crippen molar-refractivity contribution in [2.45, 2.75) is 19.6 Å². The van der Waals surface area contributed by atoms with Gasteiger partial charge in [0.2, 0.25) is 5.82 Å². The van der Waals surface area contributed by atoms with Crippen LogP contribution in [0.4, 0.5) is 0 Å². The van der Waals surface area contributed by atoms with Crippen molar-refractivity contribution < 1.29 is 4.74 Å². The van der Waals surface area contributed by atoms with Crippen LogP contribution in [0.25, 0.3) is 0 Å². The Hall–Kier alpha value is -1.47. The molecule has 0 aliphatic heterocycles. The minimum atomic E-state index is -0.0945. The third-order valence-electron chi connectivity index (χ3n) is 2.37. The van der Waals surface area contributed by atoms with Crippen LogP contribution in [0.1, 0.15) is 24.4 Å². The van der Waals surface area contributed by atoms with E-state index < -0.39 is 0 Å². The highest BCUT2D eigenvalue weighted by Gasteiger charge is 2.10. The van der Waals surface area contributed by atoms with Crippen LogP contribution < -0.4 is 10.5 Å². The third kappa shape index (κ3) is 3.05. The molecule has 0 aliphatic rings. The fraction of sp³-hybridized carbons (Fsp3) is 0.364. The molecule has 2 N–H and O–H groups in total. The molecular weight excluding hydrogens is 298 g/mol. The van der Waals surface area contributed by atoms with E-state index in [2.05, 4.69) is 31.3 Å². The molecule has 2 aromatic rings. The van der Waals surface area contributed by atoms with Crippen molar-refractivity contribution in [2.75, 3.05) is 0 Å². The van der Waals surface area contributed by atoms with Crippen LogP contribution in [-0.4, -0.2) is 20.2 Å². The van der Waals surface area contributed by atoms with Crippen LogP contribution in [-0.2, 0) is 13.7 Å². The van der Waals surface area contributed by atoms with E-state index in [-0.39, 0.29) is 12.6 Å². The molecular formula is C11H14BrN5O. The molecule has 0 saturated carbocycles. The molecule has 18 heavy (non-hydrogen) atoms. The van der Waals surface area contributed by atoms with Gasteiger partial charge in [0.05, 0.1) is 7.05 Å². The second-order valence-electron chi connectivity index (χ2n) is 3.95. The van der Waals surface area contributed by atoms with Gasteiger partial charge in [-0.2, -0.15) is 4.80 Å². The van der Waals surface area contributed by atoms with Crippen LogP contribution in [0.2, 0.25) is 0 Å². The third-order valence-corrected chi connectivity index (χ3v) is 2.87. The summed E-state index contributed by atoms with van der Waals surface area (Å²) in [6, 6.07) is 5.66. The lowest BCUT2D eigenvalue weighted by atomic mass is 10.1. The number of hydrogen-bond acceptors (Lipinski definition) is 5. The van der Waals surface area contributed by atoms with Crippen molar-refractivity contribution in [1.82, 2.24) is 20.2 Å². The maximum Gasteiger partial charge on any atom is 0.212 e. The van der Waals surface area contributed by atoms with Gasteiger partial charge in [0.1, 0.15) is 5.75 Å². The Kier molecular flexibility index (Phi) is 3.93. The summed E-state index contributed by atoms with van der Waals surface area (Å²) in [4.78, 5) is 1.39. The van der Waals surface area contributed by atoms with Crippen molar-refractivity contribution in [3.8, 4) is 5.75 Å². The zero-order chi connectivity index (χ0) is 13.1. The van der Waals surface area contributed by atoms with E-state index in [4.69, 9.17) is 10.5 Å². The fourth-order valence-corrected chi connectivity index (χ4v) is 1.87. The molecule has 0 bridgehead atoms. The number of benzene rings is 1. The average molecular weight is 312 g/mol. The van der Waals surface area contributed by atoms with E-state index in [1.54, 1.807) is 7.05 Å². The van der Waals surface area contributed by atoms with Crippen LogP contribution in [0, 0.1) is 0 Å². The summed E-state index contributed by atoms with van der Waals surface area (Å²) >= 11 is 3.41. The summed E-state index contributed by atoms with van der Waals surface area (Å²) < 4.78 is 6.63. The zero-order valence-corrected chi connectivity index (χ0v) is 11.8. The second-order valence-corrected chi connectivity index (χ2v) is 4.87. The molecule has 0 fully saturated rings. The summed E-state index contributed by atoms with van der Waals surface area (Å²) in [5.74, 6) is 1.26. The van der Waals surface area contributed by atoms with Gasteiger partial charge in [-0.3, -0.25) is 0 Å². The summed E-state index contributed by atoms with van der Waals surface area (Å²) in [6.07, 6.45) is 0. The molecule has 7 heteroatoms. The molecule has 1 atom stereocenters. The molecule has 1 aromatic heterocycles. The van der Waals surface area contributed by atoms with Gasteiger partial charge >= 0.3 is 0 Å². The Morgan fingerprint density at radius 1 is 1.50 bits per heavy atom. The van der Waals surface area contributed by atoms with Crippen LogP contribution in [0.3, 0.4) is 0 Å². The highest BCUT2D eigenvalue weighted by atomic mass is 79.9. The van der Waals surface area contributed by atoms with Gasteiger partial charge in [-0.05, 0) is 24.3 Å². The van der Waals surface area contributed by atoms with Gasteiger partial charge in [0.25, 0.3) is 0 Å². The number of tetrazole rings is 1. The van der Waals surface area contributed by atoms with Crippen molar-refractivity contribution in [2.24, 2.45) is 12.8 Å². The smallest absolute Gasteiger partial charge is 0.212 e. The number of ether oxygens (including phenoxy) is 1. The first kappa shape index (κ1) is 13.0. The van der Waals surface area contributed by atoms with Gasteiger partial charge in [-0.15, -0.1) is 10.2 Å². The molecule has 0 saturated heterocycles. The van der Waals surface area contributed by atoms with E-state index in [1.807, 2.05) is 25.1 Å². The molecule has 0 radical (unpaired) electrons. The maximum atomic E-state index is 5.89. The van der Waals surface area contributed by atoms with Crippen LogP contribution >= 0.6 is 15.9 Å². The second kappa shape index (κ2) is 5.45. The molecule has 0 unspecified atom stereocenters. The summed E-state index contributed by atoms with van der Waals surface area (Å²) in [6.45, 7) is 2.18. The summed E-state index contributed by atoms with van der Waals surface area (Å²) in [5.41, 5.74) is 6.84. The number of halogens is 1. The predicted octanol–water partition coefficient (Wildman–Crippen LogP) is 1.57. The number of hydrogen-bond donors (Lipinski definition) is 1. The molecule has 1 aromatic carbocycles. The Balaban J connectivity index is 2.15. The van der Waals surface area contributed by atoms with Gasteiger partial charge in [-0.25, -0.2) is 0 Å². The van der Waals surface area contributed by atoms with Crippen LogP contribution in [0.15, 0.2) is 22.7 Å². The van der Waals surface area contributed by atoms with E-state index in [0.717, 1.165) is 15.8 Å². The zero-order valence-electron chi connectivity index (χ0n) is 10.2. The Labute approximate surface area is 113 Å². The van der Waals surface area contributed by atoms with Crippen molar-refractivity contribution in [3.05, 3.63) is 34.1 Å². The van der Waals surface area contributed by atoms with Gasteiger partial charge in [0.15, 0.2) is 6.61 Å². The summed E-state index contributed by atoms with van der Waals surface area (Å²) in [5, 5.41) is 11.7. The molecule has 0 spiro atoms. The molecule has 2 rings (SSSR count). The van der Waals surface area contributed by atoms with Gasteiger partial charge in [-0.1, -0.05) is 22.0 Å². The lowest BCUT2D eigenvalue weighted by Crippen LogP contribution is -2.08. The SMILES string of the molecule is C[C@H](N)c1ccc(Br)cc1OCc1nnn(C)n1. The first-order valence-electron chi connectivity index (χ1n) is 5.47. The number of nitrogens with zero attached hydrogens (tertiary/aromatic N) is 4. The minimum Gasteiger partial charge on any atom is -0.485 e. The lowest BCUT2D eigenvalue weighted by Gasteiger charge is -2.13. The Morgan fingerprint density at radius 2 is 2.28 bits per heavy atom. The highest BCUT2D eigenvalue weighted by molar-refractivity contribution is 9.10. The Bertz CT molecular complexity index is 540. The molecule has 0 amide bonds. The normalized spacial score (nSPS) is 12.4. The first-order valence-corrected chi connectivity index (χ1v) is 6.26. The van der Waals surface area contributed by atoms with Gasteiger partial charge < -0.3 is 10.5 Å². The van der Waals surface area contributed by atoms with Crippen LogP contribution in [0.5, 0.6) is 5.75 Å². The topological polar surface area (TPSA) is 78.9 Å². The lowest BCUT2D eigenvalue weighted by molar-refractivity contribution is 0.290. The van der Waals surface area contributed by atoms with E-state index in [0.29, 0.717) is 5.82 Å². The predicted molar refractivity (Wildman–Crippen MR) is 69.9 cm³/mol. The number of rotatable bonds is 4. The highest BCUT2D eigenvalue weighted by Crippen LogP contribution is 2.28. The quantitative estimate of drug-likeness (QED) is 0.927. The summed E-state index contributed by atoms with van der Waals surface area (Å²) in [7, 11) is 1.71. The number of aryl methyl sites for hydroxylation is 1. The van der Waals surface area contributed by atoms with E-state index >= 15 is 0 Å². The molecule has 96 valence electrons. The van der Waals surface area contributed by atoms with E-state index in [1.165, 1.54) is 4.80 Å². The first-order chi connectivity index (χ1) is 8.56. The number of nitrogens with two attached hydrogens (primary N) is 1. The van der Waals surface area contributed by atoms with E-state index in [9.17, 15) is 0 Å². The van der Waals surface area contributed by atoms with Crippen molar-refractivity contribution >= 4 is 15.9 Å². The number of aromatic nitrogens is 4. The van der Waals surface area contributed by atoms with Gasteiger partial charge in [0, 0.05) is 16.1 Å². The average Bonchev–Trinajstić information content (AvgIpc) is 2.72. The minimum absolute atomic E-state index is 0.0945. The maximum absolute atomic E-state index is 5.89. The molecule has 0 aliphatic carbocycles. The molecule has 1 heterocycles. The standard InChI is InChI=1S/C11H14BrN5O/c1-7(13)9-4-3-8(12)5-10(9)18-6-11-14-16-17(2)15-11/h3-5,7H,6,13H2,1-2H3/t7-/m0/s1.